The molecular weight excluding hydrogens is 585 g/mol. The monoisotopic (exact) mass is 627 g/mol. The minimum absolute atomic E-state index is 0. The molecule has 0 saturated heterocycles. The quantitative estimate of drug-likeness (QED) is 0.197. The minimum atomic E-state index is -4.05. The summed E-state index contributed by atoms with van der Waals surface area (Å²) in [6, 6.07) is 17.9. The number of carbonyl (C=O) groups is 2. The Bertz CT molecular complexity index is 1720. The standard InChI is InChI=1S/C34H41N3O5S.Na.H/c1-6-10-26(29-21-36-30-16-13-24(19-28(29)30)18-23(4)33(38)35-17-7-2)27-15-14-25(20-31(27)42-5)34(39)37-43(40,41)32-12-9-8-11-22(32)3;;/h8-9,11-16,19-21,23,26,36H,6-7,10,17-18H2,1-5H3,(H,35,38)(H,37,39);;/q;+1;-1. The summed E-state index contributed by atoms with van der Waals surface area (Å²) in [5.74, 6) is -0.353. The maximum absolute atomic E-state index is 13.1. The van der Waals surface area contributed by atoms with Gasteiger partial charge in [-0.25, -0.2) is 13.1 Å². The van der Waals surface area contributed by atoms with Crippen LogP contribution in [0.5, 0.6) is 5.75 Å². The van der Waals surface area contributed by atoms with Crippen molar-refractivity contribution in [1.82, 2.24) is 15.0 Å². The molecule has 2 amide bonds. The Morgan fingerprint density at radius 2 is 1.75 bits per heavy atom. The van der Waals surface area contributed by atoms with Crippen molar-refractivity contribution in [2.24, 2.45) is 5.92 Å². The molecule has 0 bridgehead atoms. The van der Waals surface area contributed by atoms with Gasteiger partial charge in [0.25, 0.3) is 15.9 Å². The van der Waals surface area contributed by atoms with Crippen molar-refractivity contribution < 1.29 is 53.7 Å². The van der Waals surface area contributed by atoms with Crippen LogP contribution in [0.4, 0.5) is 0 Å². The molecule has 1 heterocycles. The molecule has 0 aliphatic carbocycles. The fraction of sp³-hybridized carbons (Fsp3) is 0.353. The summed E-state index contributed by atoms with van der Waals surface area (Å²) in [5, 5.41) is 4.05. The van der Waals surface area contributed by atoms with Crippen LogP contribution < -0.4 is 44.3 Å². The van der Waals surface area contributed by atoms with Crippen LogP contribution in [0.25, 0.3) is 10.9 Å². The number of rotatable bonds is 13. The largest absolute Gasteiger partial charge is 1.00 e. The van der Waals surface area contributed by atoms with E-state index in [1.54, 1.807) is 44.4 Å². The second-order valence-electron chi connectivity index (χ2n) is 11.0. The number of carbonyl (C=O) groups excluding carboxylic acids is 2. The summed E-state index contributed by atoms with van der Waals surface area (Å²) < 4.78 is 33.8. The number of benzene rings is 3. The van der Waals surface area contributed by atoms with E-state index in [1.165, 1.54) is 6.07 Å². The summed E-state index contributed by atoms with van der Waals surface area (Å²) in [5.41, 5.74) is 4.82. The maximum atomic E-state index is 13.1. The van der Waals surface area contributed by atoms with Crippen molar-refractivity contribution in [3.8, 4) is 5.75 Å². The Kier molecular flexibility index (Phi) is 12.7. The van der Waals surface area contributed by atoms with Crippen molar-refractivity contribution in [1.29, 1.82) is 0 Å². The van der Waals surface area contributed by atoms with E-state index in [1.807, 2.05) is 32.2 Å². The van der Waals surface area contributed by atoms with Gasteiger partial charge in [-0.1, -0.05) is 57.5 Å². The molecule has 8 nitrogen and oxygen atoms in total. The first-order valence-electron chi connectivity index (χ1n) is 14.8. The number of H-pyrrole nitrogens is 1. The van der Waals surface area contributed by atoms with E-state index < -0.39 is 15.9 Å². The smallest absolute Gasteiger partial charge is 1.00 e. The van der Waals surface area contributed by atoms with Gasteiger partial charge < -0.3 is 16.5 Å². The number of ether oxygens (including phenoxy) is 1. The van der Waals surface area contributed by atoms with E-state index >= 15 is 0 Å². The number of amides is 2. The number of aromatic amines is 1. The Balaban J connectivity index is 0.00000353. The van der Waals surface area contributed by atoms with Gasteiger partial charge >= 0.3 is 29.6 Å². The number of fused-ring (bicyclic) bond motifs is 1. The Morgan fingerprint density at radius 3 is 2.43 bits per heavy atom. The van der Waals surface area contributed by atoms with Crippen molar-refractivity contribution in [2.75, 3.05) is 13.7 Å². The molecule has 0 fully saturated rings. The molecule has 0 radical (unpaired) electrons. The number of sulfonamides is 1. The first-order chi connectivity index (χ1) is 20.6. The zero-order valence-corrected chi connectivity index (χ0v) is 29.3. The van der Waals surface area contributed by atoms with E-state index in [9.17, 15) is 18.0 Å². The SMILES string of the molecule is CCCNC(=O)C(C)Cc1ccc2[nH]cc(C(CCC)c3ccc(C(=O)NS(=O)(=O)c4ccccc4C)cc3OC)c2c1.[H-].[Na+]. The topological polar surface area (TPSA) is 117 Å². The summed E-state index contributed by atoms with van der Waals surface area (Å²) >= 11 is 0. The van der Waals surface area contributed by atoms with Gasteiger partial charge in [0.15, 0.2) is 0 Å². The first kappa shape index (κ1) is 35.4. The molecule has 4 aromatic rings. The van der Waals surface area contributed by atoms with E-state index in [0.717, 1.165) is 46.9 Å². The molecule has 1 aromatic heterocycles. The van der Waals surface area contributed by atoms with Gasteiger partial charge in [0.2, 0.25) is 5.91 Å². The van der Waals surface area contributed by atoms with Crippen LogP contribution >= 0.6 is 0 Å². The second-order valence-corrected chi connectivity index (χ2v) is 12.7. The van der Waals surface area contributed by atoms with Gasteiger partial charge in [-0.2, -0.15) is 0 Å². The van der Waals surface area contributed by atoms with Crippen LogP contribution in [0.1, 0.15) is 80.0 Å². The number of nitrogens with one attached hydrogen (secondary N) is 3. The molecule has 3 N–H and O–H groups in total. The van der Waals surface area contributed by atoms with Crippen molar-refractivity contribution in [2.45, 2.75) is 64.2 Å². The fourth-order valence-corrected chi connectivity index (χ4v) is 6.70. The van der Waals surface area contributed by atoms with Gasteiger partial charge in [0.05, 0.1) is 12.0 Å². The van der Waals surface area contributed by atoms with E-state index in [0.29, 0.717) is 24.3 Å². The van der Waals surface area contributed by atoms with Gasteiger partial charge in [0.1, 0.15) is 5.75 Å². The predicted molar refractivity (Wildman–Crippen MR) is 171 cm³/mol. The molecule has 0 saturated carbocycles. The molecule has 4 rings (SSSR count). The zero-order valence-electron chi connectivity index (χ0n) is 27.5. The van der Waals surface area contributed by atoms with Crippen molar-refractivity contribution >= 4 is 32.7 Å². The Morgan fingerprint density at radius 1 is 1.00 bits per heavy atom. The van der Waals surface area contributed by atoms with E-state index in [-0.39, 0.29) is 59.2 Å². The third-order valence-corrected chi connectivity index (χ3v) is 9.24. The Hall–Kier alpha value is -3.11. The van der Waals surface area contributed by atoms with Crippen LogP contribution in [0.3, 0.4) is 0 Å². The predicted octanol–water partition coefficient (Wildman–Crippen LogP) is 3.36. The van der Waals surface area contributed by atoms with Crippen LogP contribution in [-0.4, -0.2) is 38.9 Å². The van der Waals surface area contributed by atoms with E-state index in [4.69, 9.17) is 4.74 Å². The number of aryl methyl sites for hydroxylation is 1. The summed E-state index contributed by atoms with van der Waals surface area (Å²) in [7, 11) is -2.50. The molecule has 2 unspecified atom stereocenters. The van der Waals surface area contributed by atoms with Crippen LogP contribution in [0, 0.1) is 12.8 Å². The van der Waals surface area contributed by atoms with Gasteiger partial charge in [-0.05, 0) is 73.2 Å². The van der Waals surface area contributed by atoms with Crippen LogP contribution in [-0.2, 0) is 21.2 Å². The first-order valence-corrected chi connectivity index (χ1v) is 16.3. The van der Waals surface area contributed by atoms with Gasteiger partial charge in [-0.15, -0.1) is 0 Å². The number of aromatic nitrogens is 1. The number of hydrogen-bond acceptors (Lipinski definition) is 5. The molecule has 10 heteroatoms. The fourth-order valence-electron chi connectivity index (χ4n) is 5.47. The summed E-state index contributed by atoms with van der Waals surface area (Å²) in [6.07, 6.45) is 5.29. The summed E-state index contributed by atoms with van der Waals surface area (Å²) in [4.78, 5) is 29.0. The third-order valence-electron chi connectivity index (χ3n) is 7.75. The number of hydrogen-bond donors (Lipinski definition) is 3. The number of methoxy groups -OCH3 is 1. The van der Waals surface area contributed by atoms with Crippen molar-refractivity contribution in [3.63, 3.8) is 0 Å². The molecule has 44 heavy (non-hydrogen) atoms. The minimum Gasteiger partial charge on any atom is -1.00 e. The molecule has 0 spiro atoms. The second kappa shape index (κ2) is 15.8. The molecule has 0 aliphatic rings. The van der Waals surface area contributed by atoms with Crippen LogP contribution in [0.15, 0.2) is 71.8 Å². The average Bonchev–Trinajstić information content (AvgIpc) is 3.41. The molecule has 3 aromatic carbocycles. The van der Waals surface area contributed by atoms with Gasteiger partial charge in [0, 0.05) is 46.6 Å². The molecule has 0 aliphatic heterocycles. The van der Waals surface area contributed by atoms with Gasteiger partial charge in [-0.3, -0.25) is 9.59 Å². The van der Waals surface area contributed by atoms with Crippen LogP contribution in [0.2, 0.25) is 0 Å². The van der Waals surface area contributed by atoms with Crippen molar-refractivity contribution in [3.05, 3.63) is 94.7 Å². The third kappa shape index (κ3) is 8.13. The maximum Gasteiger partial charge on any atom is 1.00 e. The molecular formula is C34H42N3NaO5S. The Labute approximate surface area is 284 Å². The zero-order chi connectivity index (χ0) is 31.1. The summed E-state index contributed by atoms with van der Waals surface area (Å²) in [6.45, 7) is 8.46. The molecule has 2 atom stereocenters. The average molecular weight is 628 g/mol. The van der Waals surface area contributed by atoms with E-state index in [2.05, 4.69) is 34.1 Å². The normalized spacial score (nSPS) is 12.7. The molecule has 230 valence electrons.